The van der Waals surface area contributed by atoms with Gasteiger partial charge >= 0.3 is 0 Å². The Balaban J connectivity index is 0.681. The number of hydrogen-bond donors (Lipinski definition) is 4. The Morgan fingerprint density at radius 2 is 1.62 bits per heavy atom. The van der Waals surface area contributed by atoms with Gasteiger partial charge in [0.25, 0.3) is 5.91 Å². The molecular weight excluding hydrogens is 1120 g/mol. The number of aliphatic hydroxyl groups is 1. The number of nitrogens with one attached hydrogen (secondary N) is 2. The Morgan fingerprint density at radius 1 is 0.893 bits per heavy atom. The van der Waals surface area contributed by atoms with Crippen molar-refractivity contribution in [3.8, 4) is 27.7 Å². The number of halogens is 3. The molecule has 4 N–H and O–H groups in total. The van der Waals surface area contributed by atoms with Crippen molar-refractivity contribution in [3.63, 3.8) is 0 Å². The molecule has 0 bridgehead atoms. The maximum absolute atomic E-state index is 15.4. The third-order valence-electron chi connectivity index (χ3n) is 15.7. The van der Waals surface area contributed by atoms with E-state index < -0.39 is 47.0 Å². The molecule has 4 aromatic carbocycles. The quantitative estimate of drug-likeness (QED) is 0.0323. The second kappa shape index (κ2) is 28.0. The number of β-amino-alcohol motifs (C(OH)–C–C–N with tert-alkyl or cyclic N) is 1. The second-order valence-corrected chi connectivity index (χ2v) is 24.2. The van der Waals surface area contributed by atoms with Crippen molar-refractivity contribution in [2.45, 2.75) is 128 Å². The number of aromatic nitrogens is 4. The number of nitrogens with zero attached hydrogens (tertiary/aromatic N) is 6. The topological polar surface area (TPSA) is 212 Å². The second-order valence-electron chi connectivity index (χ2n) is 23.0. The van der Waals surface area contributed by atoms with Gasteiger partial charge in [0.05, 0.1) is 79.6 Å². The number of phenolic OH excluding ortho intramolecular Hbond substituents is 1. The van der Waals surface area contributed by atoms with Crippen molar-refractivity contribution >= 4 is 46.3 Å². The number of rotatable bonds is 29. The number of ether oxygens (including phenoxy) is 5. The minimum Gasteiger partial charge on any atom is -0.506 e. The number of alkyl halides is 1. The van der Waals surface area contributed by atoms with Crippen LogP contribution in [0.2, 0.25) is 5.02 Å². The molecule has 1 saturated heterocycles. The number of benzene rings is 4. The van der Waals surface area contributed by atoms with Gasteiger partial charge in [-0.3, -0.25) is 14.4 Å². The number of anilines is 1. The van der Waals surface area contributed by atoms with E-state index in [0.717, 1.165) is 58.6 Å². The van der Waals surface area contributed by atoms with E-state index in [4.69, 9.17) is 35.3 Å². The summed E-state index contributed by atoms with van der Waals surface area (Å²) in [6, 6.07) is 23.7. The molecule has 9 rings (SSSR count). The van der Waals surface area contributed by atoms with E-state index in [-0.39, 0.29) is 69.2 Å². The summed E-state index contributed by atoms with van der Waals surface area (Å²) in [5, 5.41) is 35.3. The molecule has 0 unspecified atom stereocenters. The molecule has 18 nitrogen and oxygen atoms in total. The maximum atomic E-state index is 15.4. The van der Waals surface area contributed by atoms with Crippen LogP contribution in [0.4, 0.5) is 14.5 Å². The Morgan fingerprint density at radius 3 is 2.32 bits per heavy atom. The summed E-state index contributed by atoms with van der Waals surface area (Å²) >= 11 is 8.09. The highest BCUT2D eigenvalue weighted by Gasteiger charge is 2.53. The Labute approximate surface area is 497 Å². The van der Waals surface area contributed by atoms with Gasteiger partial charge < -0.3 is 54.3 Å². The summed E-state index contributed by atoms with van der Waals surface area (Å²) in [5.41, 5.74) is 4.13. The number of phenols is 1. The smallest absolute Gasteiger partial charge is 0.258 e. The molecule has 3 heterocycles. The van der Waals surface area contributed by atoms with Gasteiger partial charge in [-0.15, -0.1) is 16.4 Å². The van der Waals surface area contributed by atoms with E-state index in [0.29, 0.717) is 80.4 Å². The average Bonchev–Trinajstić information content (AvgIpc) is 2.49. The largest absolute Gasteiger partial charge is 0.506 e. The zero-order valence-corrected chi connectivity index (χ0v) is 49.6. The Hall–Kier alpha value is -6.75. The summed E-state index contributed by atoms with van der Waals surface area (Å²) in [6.45, 7) is 11.0. The summed E-state index contributed by atoms with van der Waals surface area (Å²) < 4.78 is 61.4. The number of likely N-dealkylation sites (tertiary alicyclic amines) is 1. The van der Waals surface area contributed by atoms with Gasteiger partial charge in [0.2, 0.25) is 11.8 Å². The molecular formula is C62H75ClF2N8O10S. The molecule has 0 spiro atoms. The van der Waals surface area contributed by atoms with Crippen molar-refractivity contribution in [2.24, 2.45) is 5.41 Å². The van der Waals surface area contributed by atoms with Crippen LogP contribution < -0.4 is 25.0 Å². The van der Waals surface area contributed by atoms with Crippen LogP contribution >= 0.6 is 22.9 Å². The van der Waals surface area contributed by atoms with E-state index in [1.165, 1.54) is 22.3 Å². The molecule has 2 aromatic heterocycles. The van der Waals surface area contributed by atoms with E-state index >= 15 is 4.39 Å². The fourth-order valence-corrected chi connectivity index (χ4v) is 11.9. The van der Waals surface area contributed by atoms with Crippen molar-refractivity contribution in [1.82, 2.24) is 35.5 Å². The molecule has 3 aliphatic rings. The monoisotopic (exact) mass is 1200 g/mol. The van der Waals surface area contributed by atoms with E-state index in [1.807, 2.05) is 73.8 Å². The molecule has 450 valence electrons. The molecule has 2 saturated carbocycles. The lowest BCUT2D eigenvalue weighted by atomic mass is 9.78. The summed E-state index contributed by atoms with van der Waals surface area (Å²) in [6.07, 6.45) is 4.81. The van der Waals surface area contributed by atoms with E-state index in [9.17, 15) is 29.0 Å². The van der Waals surface area contributed by atoms with E-state index in [2.05, 4.69) is 30.8 Å². The standard InChI is InChI=1S/C62H75ClF2N8O10S/c1-41-55(84-40-67-41)42-14-15-43(34-66-57(76)51-33-47(74)37-73(51)58(77)56(60(2,3)4)68-59(78)62(65)22-23-62)53(32-42)83-31-30-80-27-26-79-28-29-81-38-45-36-72(70-69-45)24-25-82-48-18-16-46(17-19-48)71(35-44-10-9-13-52(75)54(44)63)39-61(20-7-8-21-61)49-11-5-6-12-50(49)64/h5-6,9-19,32,36,40,47,51,56,74-75H,7-8,20-31,33-35,37-39H2,1-4H3,(H,66,76)(H,68,78)/t47-,51+,56-/m1/s1. The number of thiazole rings is 1. The molecule has 6 aromatic rings. The first-order valence-electron chi connectivity index (χ1n) is 28.6. The third kappa shape index (κ3) is 15.8. The summed E-state index contributed by atoms with van der Waals surface area (Å²) in [7, 11) is 0. The number of aryl methyl sites for hydroxylation is 1. The number of carbonyl (C=O) groups is 3. The lowest BCUT2D eigenvalue weighted by molar-refractivity contribution is -0.145. The predicted molar refractivity (Wildman–Crippen MR) is 314 cm³/mol. The molecule has 84 heavy (non-hydrogen) atoms. The van der Waals surface area contributed by atoms with Crippen molar-refractivity contribution < 1.29 is 57.1 Å². The number of carbonyl (C=O) groups excluding carboxylic acids is 3. The average molecular weight is 1200 g/mol. The van der Waals surface area contributed by atoms with E-state index in [1.54, 1.807) is 49.2 Å². The molecule has 0 radical (unpaired) electrons. The highest BCUT2D eigenvalue weighted by molar-refractivity contribution is 7.13. The van der Waals surface area contributed by atoms with Gasteiger partial charge in [-0.2, -0.15) is 0 Å². The van der Waals surface area contributed by atoms with Crippen molar-refractivity contribution in [2.75, 3.05) is 64.2 Å². The van der Waals surface area contributed by atoms with Crippen LogP contribution in [0.5, 0.6) is 17.2 Å². The Bertz CT molecular complexity index is 3190. The number of amides is 3. The summed E-state index contributed by atoms with van der Waals surface area (Å²) in [5.74, 6) is -0.858. The molecule has 2 aliphatic carbocycles. The van der Waals surface area contributed by atoms with Crippen LogP contribution in [-0.4, -0.2) is 136 Å². The first-order valence-corrected chi connectivity index (χ1v) is 29.9. The minimum absolute atomic E-state index is 0.00519. The zero-order chi connectivity index (χ0) is 59.4. The molecule has 1 aliphatic heterocycles. The number of aliphatic hydroxyl groups excluding tert-OH is 1. The molecule has 3 fully saturated rings. The van der Waals surface area contributed by atoms with Gasteiger partial charge in [-0.1, -0.05) is 92.9 Å². The minimum atomic E-state index is -1.99. The highest BCUT2D eigenvalue weighted by atomic mass is 35.5. The summed E-state index contributed by atoms with van der Waals surface area (Å²) in [4.78, 5) is 49.3. The first-order chi connectivity index (χ1) is 40.4. The first kappa shape index (κ1) is 61.8. The fourth-order valence-electron chi connectivity index (χ4n) is 10.9. The number of hydrogen-bond acceptors (Lipinski definition) is 15. The predicted octanol–water partition coefficient (Wildman–Crippen LogP) is 9.05. The third-order valence-corrected chi connectivity index (χ3v) is 17.1. The van der Waals surface area contributed by atoms with Crippen LogP contribution in [0, 0.1) is 18.2 Å². The lowest BCUT2D eigenvalue weighted by Gasteiger charge is -2.38. The van der Waals surface area contributed by atoms with Gasteiger partial charge in [-0.05, 0) is 97.2 Å². The maximum Gasteiger partial charge on any atom is 0.258 e. The molecule has 3 amide bonds. The van der Waals surface area contributed by atoms with Crippen LogP contribution in [0.15, 0.2) is 96.6 Å². The van der Waals surface area contributed by atoms with Crippen LogP contribution in [0.25, 0.3) is 10.4 Å². The highest BCUT2D eigenvalue weighted by Crippen LogP contribution is 2.45. The van der Waals surface area contributed by atoms with Gasteiger partial charge in [0.15, 0.2) is 5.67 Å². The van der Waals surface area contributed by atoms with Crippen molar-refractivity contribution in [3.05, 3.63) is 136 Å². The lowest BCUT2D eigenvalue weighted by Crippen LogP contribution is -2.59. The van der Waals surface area contributed by atoms with Crippen molar-refractivity contribution in [1.29, 1.82) is 0 Å². The zero-order valence-electron chi connectivity index (χ0n) is 48.0. The normalized spacial score (nSPS) is 17.5. The SMILES string of the molecule is Cc1ncsc1-c1ccc(CNC(=O)[C@@H]2C[C@@H](O)CN2C(=O)[C@@H](NC(=O)C2(F)CC2)C(C)(C)C)c(OCCOCCOCCOCc2cn(CCOc3ccc(N(Cc4cccc(O)c4Cl)CC4(c5ccccc5F)CCCC4)cc3)nn2)c1. The van der Waals surface area contributed by atoms with Gasteiger partial charge in [0, 0.05) is 49.3 Å². The van der Waals surface area contributed by atoms with Crippen LogP contribution in [0.3, 0.4) is 0 Å². The number of aromatic hydroxyl groups is 1. The van der Waals surface area contributed by atoms with Gasteiger partial charge in [0.1, 0.15) is 54.1 Å². The van der Waals surface area contributed by atoms with Crippen LogP contribution in [0.1, 0.15) is 93.8 Å². The van der Waals surface area contributed by atoms with Gasteiger partial charge in [-0.25, -0.2) is 18.4 Å². The Kier molecular flexibility index (Phi) is 20.6. The molecule has 22 heteroatoms. The van der Waals surface area contributed by atoms with Crippen LogP contribution in [-0.2, 0) is 60.3 Å². The molecule has 3 atom stereocenters. The fraction of sp³-hybridized carbons (Fsp3) is 0.484.